The maximum Gasteiger partial charge on any atom is 0.408 e. The summed E-state index contributed by atoms with van der Waals surface area (Å²) in [5.74, 6) is -1.66. The van der Waals surface area contributed by atoms with Crippen LogP contribution in [-0.2, 0) is 42.6 Å². The minimum atomic E-state index is -2.15. The van der Waals surface area contributed by atoms with Gasteiger partial charge in [-0.1, -0.05) is 43.9 Å². The van der Waals surface area contributed by atoms with Crippen LogP contribution in [0.15, 0.2) is 47.4 Å². The SMILES string of the molecule is C=C[Si](C)(C)c1c2c(nc3ccccc13)-c1cc3c(c(=O)n1C2)COC(=O)C3(CC)OC(=O)CNC(=O)OC(C)(C)C. The van der Waals surface area contributed by atoms with Crippen LogP contribution in [0.3, 0.4) is 0 Å². The van der Waals surface area contributed by atoms with Crippen molar-refractivity contribution in [1.82, 2.24) is 14.9 Å². The molecule has 0 radical (unpaired) electrons. The summed E-state index contributed by atoms with van der Waals surface area (Å²) in [6.45, 7) is 14.8. The zero-order valence-corrected chi connectivity index (χ0v) is 25.8. The van der Waals surface area contributed by atoms with Gasteiger partial charge in [-0.25, -0.2) is 14.6 Å². The van der Waals surface area contributed by atoms with Crippen LogP contribution >= 0.6 is 0 Å². The monoisotopic (exact) mass is 589 g/mol. The Hall–Kier alpha value is -4.25. The number of cyclic esters (lactones) is 1. The van der Waals surface area contributed by atoms with Crippen molar-refractivity contribution in [1.29, 1.82) is 0 Å². The van der Waals surface area contributed by atoms with Gasteiger partial charge in [-0.05, 0) is 44.5 Å². The van der Waals surface area contributed by atoms with Crippen molar-refractivity contribution in [2.75, 3.05) is 6.54 Å². The van der Waals surface area contributed by atoms with Crippen LogP contribution in [0.5, 0.6) is 0 Å². The fraction of sp³-hybridized carbons (Fsp3) is 0.387. The van der Waals surface area contributed by atoms with E-state index >= 15 is 0 Å². The smallest absolute Gasteiger partial charge is 0.408 e. The van der Waals surface area contributed by atoms with Crippen molar-refractivity contribution in [3.05, 3.63) is 69.7 Å². The number of nitrogens with one attached hydrogen (secondary N) is 1. The normalized spacial score (nSPS) is 17.5. The maximum atomic E-state index is 14.0. The number of amides is 1. The van der Waals surface area contributed by atoms with Crippen LogP contribution in [0.25, 0.3) is 22.3 Å². The zero-order chi connectivity index (χ0) is 30.6. The van der Waals surface area contributed by atoms with Gasteiger partial charge in [0.25, 0.3) is 5.56 Å². The van der Waals surface area contributed by atoms with E-state index in [-0.39, 0.29) is 29.7 Å². The van der Waals surface area contributed by atoms with Crippen LogP contribution in [0.4, 0.5) is 4.79 Å². The second-order valence-electron chi connectivity index (χ2n) is 12.2. The number of ether oxygens (including phenoxy) is 3. The first-order chi connectivity index (χ1) is 19.7. The Bertz CT molecular complexity index is 1720. The number of fused-ring (bicyclic) bond motifs is 5. The summed E-state index contributed by atoms with van der Waals surface area (Å²) in [6, 6.07) is 9.62. The van der Waals surface area contributed by atoms with Gasteiger partial charge in [-0.3, -0.25) is 9.59 Å². The number of carbonyl (C=O) groups is 3. The number of aromatic nitrogens is 2. The molecular formula is C31H35N3O7Si. The van der Waals surface area contributed by atoms with Gasteiger partial charge in [0.05, 0.1) is 29.0 Å². The third-order valence-electron chi connectivity index (χ3n) is 7.78. The highest BCUT2D eigenvalue weighted by Gasteiger charge is 2.50. The highest BCUT2D eigenvalue weighted by atomic mass is 28.3. The zero-order valence-electron chi connectivity index (χ0n) is 24.8. The first-order valence-electron chi connectivity index (χ1n) is 13.9. The van der Waals surface area contributed by atoms with E-state index in [4.69, 9.17) is 19.2 Å². The fourth-order valence-corrected chi connectivity index (χ4v) is 7.80. The Labute approximate surface area is 244 Å². The topological polar surface area (TPSA) is 126 Å². The van der Waals surface area contributed by atoms with E-state index in [9.17, 15) is 19.2 Å². The molecule has 3 aromatic rings. The molecule has 2 aliphatic rings. The molecule has 0 fully saturated rings. The first kappa shape index (κ1) is 29.2. The Balaban J connectivity index is 1.61. The molecule has 11 heteroatoms. The van der Waals surface area contributed by atoms with Crippen LogP contribution < -0.4 is 16.1 Å². The van der Waals surface area contributed by atoms with E-state index in [1.165, 1.54) is 0 Å². The summed E-state index contributed by atoms with van der Waals surface area (Å²) in [5.41, 5.74) is 2.54. The summed E-state index contributed by atoms with van der Waals surface area (Å²) in [4.78, 5) is 57.3. The van der Waals surface area contributed by atoms with E-state index in [0.29, 0.717) is 17.9 Å². The first-order valence-corrected chi connectivity index (χ1v) is 17.0. The molecule has 2 aliphatic heterocycles. The molecule has 0 spiro atoms. The van der Waals surface area contributed by atoms with E-state index in [1.54, 1.807) is 38.3 Å². The van der Waals surface area contributed by atoms with Crippen molar-refractivity contribution in [2.24, 2.45) is 0 Å². The molecule has 1 amide bonds. The van der Waals surface area contributed by atoms with Gasteiger partial charge in [0.1, 0.15) is 26.8 Å². The highest BCUT2D eigenvalue weighted by molar-refractivity contribution is 6.95. The van der Waals surface area contributed by atoms with Gasteiger partial charge in [0, 0.05) is 16.5 Å². The second-order valence-corrected chi connectivity index (χ2v) is 16.5. The molecule has 0 saturated carbocycles. The van der Waals surface area contributed by atoms with Crippen molar-refractivity contribution in [3.63, 3.8) is 0 Å². The maximum absolute atomic E-state index is 14.0. The molecule has 5 rings (SSSR count). The number of alkyl carbamates (subject to hydrolysis) is 1. The quantitative estimate of drug-likeness (QED) is 0.205. The summed E-state index contributed by atoms with van der Waals surface area (Å²) in [5, 5.41) is 4.54. The Morgan fingerprint density at radius 2 is 1.93 bits per heavy atom. The van der Waals surface area contributed by atoms with Gasteiger partial charge in [-0.15, -0.1) is 6.58 Å². The second kappa shape index (κ2) is 10.2. The molecule has 1 atom stereocenters. The molecule has 0 aliphatic carbocycles. The third kappa shape index (κ3) is 4.81. The predicted molar refractivity (Wildman–Crippen MR) is 160 cm³/mol. The molecule has 1 aromatic carbocycles. The molecule has 4 heterocycles. The largest absolute Gasteiger partial charge is 0.457 e. The number of hydrogen-bond acceptors (Lipinski definition) is 8. The fourth-order valence-electron chi connectivity index (χ4n) is 5.71. The molecule has 1 N–H and O–H groups in total. The van der Waals surface area contributed by atoms with Gasteiger partial charge < -0.3 is 24.1 Å². The van der Waals surface area contributed by atoms with E-state index in [2.05, 4.69) is 25.0 Å². The lowest BCUT2D eigenvalue weighted by Gasteiger charge is -2.35. The van der Waals surface area contributed by atoms with Crippen LogP contribution in [0, 0.1) is 0 Å². The Kier molecular flexibility index (Phi) is 7.12. The number of rotatable bonds is 6. The summed E-state index contributed by atoms with van der Waals surface area (Å²) in [6.07, 6.45) is -0.788. The number of para-hydroxylation sites is 1. The molecule has 0 saturated heterocycles. The van der Waals surface area contributed by atoms with Crippen molar-refractivity contribution in [2.45, 2.75) is 71.6 Å². The van der Waals surface area contributed by atoms with Crippen LogP contribution in [-0.4, -0.2) is 47.8 Å². The number of nitrogens with zero attached hydrogens (tertiary/aromatic N) is 2. The van der Waals surface area contributed by atoms with E-state index in [0.717, 1.165) is 21.7 Å². The van der Waals surface area contributed by atoms with Gasteiger partial charge in [0.2, 0.25) is 5.60 Å². The van der Waals surface area contributed by atoms with E-state index < -0.39 is 43.9 Å². The predicted octanol–water partition coefficient (Wildman–Crippen LogP) is 3.80. The van der Waals surface area contributed by atoms with Gasteiger partial charge in [-0.2, -0.15) is 0 Å². The van der Waals surface area contributed by atoms with Crippen LogP contribution in [0.1, 0.15) is 50.8 Å². The van der Waals surface area contributed by atoms with Crippen molar-refractivity contribution >= 4 is 42.2 Å². The Morgan fingerprint density at radius 1 is 1.21 bits per heavy atom. The minimum Gasteiger partial charge on any atom is -0.457 e. The molecule has 2 aromatic heterocycles. The summed E-state index contributed by atoms with van der Waals surface area (Å²) in [7, 11) is -2.15. The number of hydrogen-bond donors (Lipinski definition) is 1. The number of pyridine rings is 2. The lowest BCUT2D eigenvalue weighted by molar-refractivity contribution is -0.188. The average molecular weight is 590 g/mol. The summed E-state index contributed by atoms with van der Waals surface area (Å²) >= 11 is 0. The number of carbonyl (C=O) groups excluding carboxylic acids is 3. The minimum absolute atomic E-state index is 0.0135. The molecular weight excluding hydrogens is 554 g/mol. The number of benzene rings is 1. The highest BCUT2D eigenvalue weighted by Crippen LogP contribution is 2.41. The molecule has 1 unspecified atom stereocenters. The Morgan fingerprint density at radius 3 is 2.60 bits per heavy atom. The number of esters is 2. The van der Waals surface area contributed by atoms with Gasteiger partial charge in [0.15, 0.2) is 0 Å². The lowest BCUT2D eigenvalue weighted by atomic mass is 9.85. The third-order valence-corrected chi connectivity index (χ3v) is 10.7. The molecule has 220 valence electrons. The molecule has 10 nitrogen and oxygen atoms in total. The van der Waals surface area contributed by atoms with Crippen LogP contribution in [0.2, 0.25) is 13.1 Å². The van der Waals surface area contributed by atoms with Gasteiger partial charge >= 0.3 is 18.0 Å². The standard InChI is InChI=1S/C31H35N3O7Si/c1-8-31(40-24(35)15-32-29(38)41-30(3,4)5)21-14-23-25-19(16-34(23)27(36)20(21)17-39-28(31)37)26(42(6,7)9-2)18-12-10-11-13-22(18)33-25/h9-14H,2,8,15-17H2,1,3-7H3,(H,32,38). The van der Waals surface area contributed by atoms with Crippen molar-refractivity contribution in [3.8, 4) is 11.4 Å². The molecule has 42 heavy (non-hydrogen) atoms. The lowest BCUT2D eigenvalue weighted by Crippen LogP contribution is -2.49. The molecule has 0 bridgehead atoms. The summed E-state index contributed by atoms with van der Waals surface area (Å²) < 4.78 is 18.0. The van der Waals surface area contributed by atoms with E-state index in [1.807, 2.05) is 30.0 Å². The van der Waals surface area contributed by atoms with Crippen molar-refractivity contribution < 1.29 is 28.6 Å². The average Bonchev–Trinajstić information content (AvgIpc) is 3.29.